The Morgan fingerprint density at radius 1 is 1.30 bits per heavy atom. The van der Waals surface area contributed by atoms with Gasteiger partial charge in [-0.25, -0.2) is 4.39 Å². The molecule has 5 heteroatoms. The first-order chi connectivity index (χ1) is 9.52. The van der Waals surface area contributed by atoms with E-state index in [9.17, 15) is 4.39 Å². The zero-order chi connectivity index (χ0) is 14.5. The summed E-state index contributed by atoms with van der Waals surface area (Å²) in [5.74, 6) is 1.63. The fraction of sp³-hybridized carbons (Fsp3) is 0.467. The fourth-order valence-corrected chi connectivity index (χ4v) is 2.04. The average molecular weight is 277 g/mol. The molecular formula is C15H20FN3O. The van der Waals surface area contributed by atoms with Crippen molar-refractivity contribution in [2.45, 2.75) is 33.4 Å². The van der Waals surface area contributed by atoms with E-state index < -0.39 is 0 Å². The predicted octanol–water partition coefficient (Wildman–Crippen LogP) is 3.04. The third kappa shape index (κ3) is 4.42. The molecule has 0 spiro atoms. The van der Waals surface area contributed by atoms with Crippen molar-refractivity contribution in [2.24, 2.45) is 5.92 Å². The Kier molecular flexibility index (Phi) is 4.84. The lowest BCUT2D eigenvalue weighted by molar-refractivity contribution is 0.260. The van der Waals surface area contributed by atoms with Gasteiger partial charge in [-0.05, 0) is 30.7 Å². The van der Waals surface area contributed by atoms with E-state index in [1.165, 1.54) is 12.1 Å². The van der Waals surface area contributed by atoms with Gasteiger partial charge in [0.25, 0.3) is 0 Å². The number of nitrogens with zero attached hydrogens (tertiary/aromatic N) is 3. The van der Waals surface area contributed by atoms with Crippen LogP contribution in [0.5, 0.6) is 0 Å². The van der Waals surface area contributed by atoms with Gasteiger partial charge < -0.3 is 4.52 Å². The SMILES string of the molecule is CC(C)Cc1noc(CN(C)Cc2cccc(F)c2)n1. The minimum Gasteiger partial charge on any atom is -0.338 e. The molecular weight excluding hydrogens is 257 g/mol. The van der Waals surface area contributed by atoms with Gasteiger partial charge in [-0.3, -0.25) is 4.90 Å². The van der Waals surface area contributed by atoms with Gasteiger partial charge >= 0.3 is 0 Å². The second kappa shape index (κ2) is 6.61. The first-order valence-corrected chi connectivity index (χ1v) is 6.77. The number of aromatic nitrogens is 2. The van der Waals surface area contributed by atoms with E-state index in [1.807, 2.05) is 18.0 Å². The van der Waals surface area contributed by atoms with Crippen molar-refractivity contribution < 1.29 is 8.91 Å². The third-order valence-corrected chi connectivity index (χ3v) is 2.85. The van der Waals surface area contributed by atoms with Crippen LogP contribution >= 0.6 is 0 Å². The van der Waals surface area contributed by atoms with Crippen LogP contribution in [0.4, 0.5) is 4.39 Å². The summed E-state index contributed by atoms with van der Waals surface area (Å²) in [5.41, 5.74) is 0.925. The largest absolute Gasteiger partial charge is 0.338 e. The molecule has 1 aromatic carbocycles. The highest BCUT2D eigenvalue weighted by Crippen LogP contribution is 2.10. The first kappa shape index (κ1) is 14.7. The lowest BCUT2D eigenvalue weighted by Gasteiger charge is -2.13. The lowest BCUT2D eigenvalue weighted by atomic mass is 10.1. The molecule has 0 bridgehead atoms. The van der Waals surface area contributed by atoms with Gasteiger partial charge in [0, 0.05) is 13.0 Å². The quantitative estimate of drug-likeness (QED) is 0.814. The summed E-state index contributed by atoms with van der Waals surface area (Å²) in [5, 5.41) is 3.96. The lowest BCUT2D eigenvalue weighted by Crippen LogP contribution is -2.17. The highest BCUT2D eigenvalue weighted by molar-refractivity contribution is 5.16. The van der Waals surface area contributed by atoms with Crippen molar-refractivity contribution in [3.05, 3.63) is 47.4 Å². The molecule has 1 aromatic heterocycles. The van der Waals surface area contributed by atoms with Crippen LogP contribution in [0.2, 0.25) is 0 Å². The first-order valence-electron chi connectivity index (χ1n) is 6.77. The van der Waals surface area contributed by atoms with Crippen LogP contribution in [0.3, 0.4) is 0 Å². The van der Waals surface area contributed by atoms with E-state index in [2.05, 4.69) is 24.0 Å². The van der Waals surface area contributed by atoms with Gasteiger partial charge in [-0.15, -0.1) is 0 Å². The summed E-state index contributed by atoms with van der Waals surface area (Å²) in [6.45, 7) is 5.43. The molecule has 108 valence electrons. The number of hydrogen-bond acceptors (Lipinski definition) is 4. The van der Waals surface area contributed by atoms with Crippen LogP contribution < -0.4 is 0 Å². The van der Waals surface area contributed by atoms with Crippen molar-refractivity contribution >= 4 is 0 Å². The van der Waals surface area contributed by atoms with Crippen LogP contribution in [0.1, 0.15) is 31.1 Å². The number of rotatable bonds is 6. The highest BCUT2D eigenvalue weighted by atomic mass is 19.1. The Morgan fingerprint density at radius 3 is 2.80 bits per heavy atom. The smallest absolute Gasteiger partial charge is 0.240 e. The van der Waals surface area contributed by atoms with Gasteiger partial charge in [-0.2, -0.15) is 4.98 Å². The van der Waals surface area contributed by atoms with Crippen molar-refractivity contribution in [3.63, 3.8) is 0 Å². The van der Waals surface area contributed by atoms with E-state index in [0.29, 0.717) is 24.9 Å². The molecule has 0 aliphatic heterocycles. The molecule has 0 unspecified atom stereocenters. The van der Waals surface area contributed by atoms with E-state index in [-0.39, 0.29) is 5.82 Å². The molecule has 4 nitrogen and oxygen atoms in total. The summed E-state index contributed by atoms with van der Waals surface area (Å²) in [6.07, 6.45) is 0.817. The van der Waals surface area contributed by atoms with Crippen LogP contribution in [0.25, 0.3) is 0 Å². The predicted molar refractivity (Wildman–Crippen MR) is 74.4 cm³/mol. The van der Waals surface area contributed by atoms with Crippen molar-refractivity contribution in [3.8, 4) is 0 Å². The second-order valence-corrected chi connectivity index (χ2v) is 5.50. The zero-order valence-corrected chi connectivity index (χ0v) is 12.1. The molecule has 0 N–H and O–H groups in total. The minimum atomic E-state index is -0.215. The molecule has 0 saturated carbocycles. The van der Waals surface area contributed by atoms with Gasteiger partial charge in [-0.1, -0.05) is 31.1 Å². The van der Waals surface area contributed by atoms with Gasteiger partial charge in [0.1, 0.15) is 5.82 Å². The topological polar surface area (TPSA) is 42.2 Å². The zero-order valence-electron chi connectivity index (χ0n) is 12.1. The minimum absolute atomic E-state index is 0.215. The van der Waals surface area contributed by atoms with Gasteiger partial charge in [0.05, 0.1) is 6.54 Å². The maximum atomic E-state index is 13.1. The van der Waals surface area contributed by atoms with Crippen LogP contribution in [0, 0.1) is 11.7 Å². The number of benzene rings is 1. The van der Waals surface area contributed by atoms with E-state index >= 15 is 0 Å². The van der Waals surface area contributed by atoms with Gasteiger partial charge in [0.15, 0.2) is 5.82 Å². The molecule has 0 aliphatic rings. The van der Waals surface area contributed by atoms with Crippen molar-refractivity contribution in [1.29, 1.82) is 0 Å². The molecule has 20 heavy (non-hydrogen) atoms. The number of halogens is 1. The Balaban J connectivity index is 1.91. The molecule has 0 amide bonds. The second-order valence-electron chi connectivity index (χ2n) is 5.50. The Hall–Kier alpha value is -1.75. The highest BCUT2D eigenvalue weighted by Gasteiger charge is 2.10. The van der Waals surface area contributed by atoms with Gasteiger partial charge in [0.2, 0.25) is 5.89 Å². The van der Waals surface area contributed by atoms with E-state index in [1.54, 1.807) is 6.07 Å². The summed E-state index contributed by atoms with van der Waals surface area (Å²) in [4.78, 5) is 6.37. The van der Waals surface area contributed by atoms with Crippen LogP contribution in [0.15, 0.2) is 28.8 Å². The van der Waals surface area contributed by atoms with Crippen LogP contribution in [-0.2, 0) is 19.5 Å². The number of hydrogen-bond donors (Lipinski definition) is 0. The molecule has 0 atom stereocenters. The normalized spacial score (nSPS) is 11.5. The summed E-state index contributed by atoms with van der Waals surface area (Å²) >= 11 is 0. The Bertz CT molecular complexity index is 554. The summed E-state index contributed by atoms with van der Waals surface area (Å²) in [7, 11) is 1.94. The maximum absolute atomic E-state index is 13.1. The Morgan fingerprint density at radius 2 is 2.10 bits per heavy atom. The molecule has 0 saturated heterocycles. The summed E-state index contributed by atoms with van der Waals surface area (Å²) in [6, 6.07) is 6.59. The standard InChI is InChI=1S/C15H20FN3O/c1-11(2)7-14-17-15(20-18-14)10-19(3)9-12-5-4-6-13(16)8-12/h4-6,8,11H,7,9-10H2,1-3H3. The van der Waals surface area contributed by atoms with E-state index in [0.717, 1.165) is 17.8 Å². The summed E-state index contributed by atoms with van der Waals surface area (Å²) < 4.78 is 18.3. The van der Waals surface area contributed by atoms with Crippen molar-refractivity contribution in [1.82, 2.24) is 15.0 Å². The van der Waals surface area contributed by atoms with E-state index in [4.69, 9.17) is 4.52 Å². The third-order valence-electron chi connectivity index (χ3n) is 2.85. The molecule has 0 aliphatic carbocycles. The molecule has 0 fully saturated rings. The molecule has 2 rings (SSSR count). The van der Waals surface area contributed by atoms with Crippen molar-refractivity contribution in [2.75, 3.05) is 7.05 Å². The molecule has 0 radical (unpaired) electrons. The fourth-order valence-electron chi connectivity index (χ4n) is 2.04. The van der Waals surface area contributed by atoms with Crippen LogP contribution in [-0.4, -0.2) is 22.1 Å². The maximum Gasteiger partial charge on any atom is 0.240 e. The molecule has 2 aromatic rings. The molecule has 1 heterocycles. The monoisotopic (exact) mass is 277 g/mol. The Labute approximate surface area is 118 Å². The average Bonchev–Trinajstić information content (AvgIpc) is 2.75.